The van der Waals surface area contributed by atoms with Gasteiger partial charge in [-0.1, -0.05) is 38.1 Å². The number of hydrogen-bond donors (Lipinski definition) is 3. The molecule has 1 amide bonds. The highest BCUT2D eigenvalue weighted by molar-refractivity contribution is 5.94. The Morgan fingerprint density at radius 3 is 2.54 bits per heavy atom. The molecule has 0 radical (unpaired) electrons. The van der Waals surface area contributed by atoms with Crippen molar-refractivity contribution in [1.29, 1.82) is 0 Å². The van der Waals surface area contributed by atoms with Gasteiger partial charge in [0.25, 0.3) is 0 Å². The van der Waals surface area contributed by atoms with Crippen LogP contribution in [0.15, 0.2) is 24.3 Å². The lowest BCUT2D eigenvalue weighted by Gasteiger charge is -2.33. The zero-order chi connectivity index (χ0) is 17.9. The van der Waals surface area contributed by atoms with Crippen LogP contribution in [0.25, 0.3) is 0 Å². The van der Waals surface area contributed by atoms with E-state index in [-0.39, 0.29) is 11.7 Å². The highest BCUT2D eigenvalue weighted by atomic mass is 16.5. The number of carbonyl (C=O) groups excluding carboxylic acids is 2. The van der Waals surface area contributed by atoms with Crippen LogP contribution in [0.4, 0.5) is 4.79 Å². The second-order valence-electron chi connectivity index (χ2n) is 6.15. The summed E-state index contributed by atoms with van der Waals surface area (Å²) in [5, 5.41) is 14.8. The fourth-order valence-corrected chi connectivity index (χ4v) is 2.90. The summed E-state index contributed by atoms with van der Waals surface area (Å²) in [4.78, 5) is 35.9. The van der Waals surface area contributed by atoms with Crippen molar-refractivity contribution in [3.63, 3.8) is 0 Å². The Balaban J connectivity index is 2.35. The van der Waals surface area contributed by atoms with Crippen molar-refractivity contribution in [2.45, 2.75) is 38.4 Å². The minimum Gasteiger partial charge on any atom is -0.480 e. The summed E-state index contributed by atoms with van der Waals surface area (Å²) in [7, 11) is 1.23. The lowest BCUT2D eigenvalue weighted by molar-refractivity contribution is -0.140. The number of fused-ring (bicyclic) bond motifs is 1. The Morgan fingerprint density at radius 1 is 1.29 bits per heavy atom. The number of Topliss-reactive ketones (excluding diaryl/α,β-unsaturated/α-hetero) is 1. The third kappa shape index (κ3) is 3.73. The maximum Gasteiger partial charge on any atom is 0.407 e. The van der Waals surface area contributed by atoms with Crippen LogP contribution in [0.3, 0.4) is 0 Å². The van der Waals surface area contributed by atoms with Crippen LogP contribution in [-0.2, 0) is 20.7 Å². The molecule has 24 heavy (non-hydrogen) atoms. The van der Waals surface area contributed by atoms with Crippen molar-refractivity contribution in [3.05, 3.63) is 35.4 Å². The molecular formula is C17H22N2O5. The van der Waals surface area contributed by atoms with E-state index in [0.29, 0.717) is 6.42 Å². The molecule has 0 aromatic heterocycles. The quantitative estimate of drug-likeness (QED) is 0.749. The number of nitrogens with one attached hydrogen (secondary N) is 2. The normalized spacial score (nSPS) is 20.8. The van der Waals surface area contributed by atoms with Gasteiger partial charge in [0.1, 0.15) is 6.04 Å². The van der Waals surface area contributed by atoms with Gasteiger partial charge in [-0.3, -0.25) is 14.9 Å². The lowest BCUT2D eigenvalue weighted by atomic mass is 9.84. The average molecular weight is 334 g/mol. The molecule has 0 spiro atoms. The summed E-state index contributed by atoms with van der Waals surface area (Å²) in [6.07, 6.45) is -0.382. The summed E-state index contributed by atoms with van der Waals surface area (Å²) < 4.78 is 4.58. The first-order chi connectivity index (χ1) is 11.3. The smallest absolute Gasteiger partial charge is 0.407 e. The van der Waals surface area contributed by atoms with E-state index >= 15 is 0 Å². The number of ketones is 1. The molecule has 3 N–H and O–H groups in total. The average Bonchev–Trinajstić information content (AvgIpc) is 2.57. The number of carboxylic acid groups (broad SMARTS) is 1. The van der Waals surface area contributed by atoms with Crippen LogP contribution in [0.1, 0.15) is 31.0 Å². The highest BCUT2D eigenvalue weighted by Gasteiger charge is 2.38. The maximum absolute atomic E-state index is 13.0. The molecule has 0 saturated heterocycles. The maximum atomic E-state index is 13.0. The third-order valence-corrected chi connectivity index (χ3v) is 4.17. The third-order valence-electron chi connectivity index (χ3n) is 4.17. The first-order valence-electron chi connectivity index (χ1n) is 7.80. The van der Waals surface area contributed by atoms with E-state index in [1.807, 2.05) is 26.0 Å². The highest BCUT2D eigenvalue weighted by Crippen LogP contribution is 2.28. The van der Waals surface area contributed by atoms with Crippen molar-refractivity contribution in [1.82, 2.24) is 10.6 Å². The van der Waals surface area contributed by atoms with Crippen molar-refractivity contribution in [2.24, 2.45) is 5.92 Å². The number of carbonyl (C=O) groups is 3. The van der Waals surface area contributed by atoms with Gasteiger partial charge in [0.2, 0.25) is 0 Å². The number of amides is 1. The largest absolute Gasteiger partial charge is 0.480 e. The molecule has 0 fully saturated rings. The van der Waals surface area contributed by atoms with Crippen LogP contribution in [-0.4, -0.2) is 42.1 Å². The zero-order valence-corrected chi connectivity index (χ0v) is 13.9. The number of alkyl carbamates (subject to hydrolysis) is 1. The topological polar surface area (TPSA) is 105 Å². The predicted molar refractivity (Wildman–Crippen MR) is 86.6 cm³/mol. The summed E-state index contributed by atoms with van der Waals surface area (Å²) in [5.74, 6) is -1.46. The Hall–Kier alpha value is -2.41. The van der Waals surface area contributed by atoms with Crippen LogP contribution in [0.5, 0.6) is 0 Å². The molecule has 130 valence electrons. The molecule has 2 unspecified atom stereocenters. The first kappa shape index (κ1) is 17.9. The monoisotopic (exact) mass is 334 g/mol. The fraction of sp³-hybridized carbons (Fsp3) is 0.471. The summed E-state index contributed by atoms with van der Waals surface area (Å²) in [6, 6.07) is 4.83. The molecule has 1 aromatic rings. The summed E-state index contributed by atoms with van der Waals surface area (Å²) in [6.45, 7) is 3.61. The van der Waals surface area contributed by atoms with E-state index in [1.54, 1.807) is 12.1 Å². The van der Waals surface area contributed by atoms with E-state index < -0.39 is 30.2 Å². The van der Waals surface area contributed by atoms with Crippen molar-refractivity contribution >= 4 is 17.8 Å². The second-order valence-corrected chi connectivity index (χ2v) is 6.15. The van der Waals surface area contributed by atoms with E-state index in [0.717, 1.165) is 11.1 Å². The minimum atomic E-state index is -1.01. The van der Waals surface area contributed by atoms with E-state index in [4.69, 9.17) is 0 Å². The van der Waals surface area contributed by atoms with Crippen LogP contribution in [0, 0.1) is 5.92 Å². The van der Waals surface area contributed by atoms with Gasteiger partial charge >= 0.3 is 12.1 Å². The van der Waals surface area contributed by atoms with Gasteiger partial charge in [0, 0.05) is 0 Å². The number of methoxy groups -OCH3 is 1. The van der Waals surface area contributed by atoms with Crippen LogP contribution >= 0.6 is 0 Å². The Labute approximate surface area is 140 Å². The molecule has 1 aliphatic heterocycles. The number of benzene rings is 1. The van der Waals surface area contributed by atoms with Crippen molar-refractivity contribution < 1.29 is 24.2 Å². The van der Waals surface area contributed by atoms with Crippen LogP contribution in [0.2, 0.25) is 0 Å². The summed E-state index contributed by atoms with van der Waals surface area (Å²) in [5.41, 5.74) is 1.57. The molecule has 7 heteroatoms. The van der Waals surface area contributed by atoms with Gasteiger partial charge in [0.05, 0.1) is 19.2 Å². The summed E-state index contributed by atoms with van der Waals surface area (Å²) >= 11 is 0. The molecular weight excluding hydrogens is 312 g/mol. The predicted octanol–water partition coefficient (Wildman–Crippen LogP) is 1.28. The lowest BCUT2D eigenvalue weighted by Crippen LogP contribution is -2.53. The first-order valence-corrected chi connectivity index (χ1v) is 7.80. The van der Waals surface area contributed by atoms with E-state index in [1.165, 1.54) is 7.11 Å². The van der Waals surface area contributed by atoms with Gasteiger partial charge in [-0.2, -0.15) is 0 Å². The van der Waals surface area contributed by atoms with E-state index in [2.05, 4.69) is 15.4 Å². The Kier molecular flexibility index (Phi) is 5.56. The molecule has 2 rings (SSSR count). The van der Waals surface area contributed by atoms with Gasteiger partial charge in [-0.25, -0.2) is 4.79 Å². The fourth-order valence-electron chi connectivity index (χ4n) is 2.90. The van der Waals surface area contributed by atoms with Gasteiger partial charge in [0.15, 0.2) is 5.78 Å². The van der Waals surface area contributed by atoms with Crippen molar-refractivity contribution in [3.8, 4) is 0 Å². The number of carboxylic acids is 1. The second kappa shape index (κ2) is 7.44. The number of hydrogen-bond acceptors (Lipinski definition) is 5. The zero-order valence-electron chi connectivity index (χ0n) is 13.9. The SMILES string of the molecule is COC(=O)N[C@H](C(=O)C1NC(C(=O)O)Cc2ccccc21)C(C)C. The number of rotatable bonds is 5. The Morgan fingerprint density at radius 2 is 1.96 bits per heavy atom. The van der Waals surface area contributed by atoms with Gasteiger partial charge < -0.3 is 15.2 Å². The molecule has 0 saturated carbocycles. The standard InChI is InChI=1S/C17H22N2O5/c1-9(2)13(19-17(23)24-3)15(20)14-11-7-5-4-6-10(11)8-12(18-14)16(21)22/h4-7,9,12-14,18H,8H2,1-3H3,(H,19,23)(H,21,22)/t12?,13-,14?/m0/s1. The molecule has 0 bridgehead atoms. The van der Waals surface area contributed by atoms with Crippen molar-refractivity contribution in [2.75, 3.05) is 7.11 Å². The molecule has 1 heterocycles. The van der Waals surface area contributed by atoms with Crippen LogP contribution < -0.4 is 10.6 Å². The molecule has 1 aliphatic rings. The number of aliphatic carboxylic acids is 1. The molecule has 7 nitrogen and oxygen atoms in total. The van der Waals surface area contributed by atoms with Gasteiger partial charge in [-0.15, -0.1) is 0 Å². The van der Waals surface area contributed by atoms with Gasteiger partial charge in [-0.05, 0) is 23.5 Å². The molecule has 0 aliphatic carbocycles. The number of ether oxygens (including phenoxy) is 1. The molecule has 3 atom stereocenters. The Bertz CT molecular complexity index is 644. The van der Waals surface area contributed by atoms with E-state index in [9.17, 15) is 19.5 Å². The minimum absolute atomic E-state index is 0.171. The molecule has 1 aromatic carbocycles.